The molecular formula is C12H20N2O5S. The summed E-state index contributed by atoms with van der Waals surface area (Å²) in [7, 11) is -2.28. The third-order valence-electron chi connectivity index (χ3n) is 2.62. The molecule has 0 saturated carbocycles. The van der Waals surface area contributed by atoms with Gasteiger partial charge in [-0.3, -0.25) is 0 Å². The van der Waals surface area contributed by atoms with Gasteiger partial charge in [-0.05, 0) is 12.5 Å². The van der Waals surface area contributed by atoms with Crippen LogP contribution in [0, 0.1) is 0 Å². The van der Waals surface area contributed by atoms with E-state index in [1.165, 1.54) is 16.8 Å². The molecule has 0 fully saturated rings. The maximum Gasteiger partial charge on any atom is 0.355 e. The molecule has 114 valence electrons. The Morgan fingerprint density at radius 3 is 2.60 bits per heavy atom. The molecule has 1 heterocycles. The van der Waals surface area contributed by atoms with Crippen molar-refractivity contribution in [3.05, 3.63) is 18.0 Å². The molecule has 7 nitrogen and oxygen atoms in total. The first-order valence-corrected chi connectivity index (χ1v) is 7.85. The predicted octanol–water partition coefficient (Wildman–Crippen LogP) is 0.646. The van der Waals surface area contributed by atoms with Crippen LogP contribution in [0.5, 0.6) is 0 Å². The molecule has 0 spiro atoms. The Bertz CT molecular complexity index is 550. The fraction of sp³-hybridized carbons (Fsp3) is 0.583. The van der Waals surface area contributed by atoms with Crippen LogP contribution >= 0.6 is 0 Å². The summed E-state index contributed by atoms with van der Waals surface area (Å²) in [5.41, 5.74) is 0.127. The molecule has 0 aliphatic carbocycles. The monoisotopic (exact) mass is 304 g/mol. The van der Waals surface area contributed by atoms with Crippen LogP contribution in [0.15, 0.2) is 17.2 Å². The number of ether oxygens (including phenoxy) is 2. The van der Waals surface area contributed by atoms with Gasteiger partial charge in [0.25, 0.3) is 0 Å². The summed E-state index contributed by atoms with van der Waals surface area (Å²) in [6.07, 6.45) is 3.27. The van der Waals surface area contributed by atoms with Crippen molar-refractivity contribution in [2.45, 2.75) is 24.7 Å². The highest BCUT2D eigenvalue weighted by molar-refractivity contribution is 7.89. The van der Waals surface area contributed by atoms with Gasteiger partial charge in [0.15, 0.2) is 0 Å². The van der Waals surface area contributed by atoms with Crippen LogP contribution < -0.4 is 5.14 Å². The van der Waals surface area contributed by atoms with E-state index in [-0.39, 0.29) is 17.2 Å². The second kappa shape index (κ2) is 7.41. The van der Waals surface area contributed by atoms with E-state index in [0.29, 0.717) is 13.2 Å². The molecule has 0 unspecified atom stereocenters. The van der Waals surface area contributed by atoms with Crippen molar-refractivity contribution in [3.8, 4) is 0 Å². The fourth-order valence-corrected chi connectivity index (χ4v) is 2.09. The number of nitrogens with zero attached hydrogens (tertiary/aromatic N) is 1. The van der Waals surface area contributed by atoms with E-state index in [9.17, 15) is 13.2 Å². The molecule has 1 rings (SSSR count). The molecule has 2 N–H and O–H groups in total. The first kappa shape index (κ1) is 16.7. The molecule has 0 bridgehead atoms. The Hall–Kier alpha value is -1.38. The minimum Gasteiger partial charge on any atom is -0.459 e. The fourth-order valence-electron chi connectivity index (χ4n) is 1.51. The topological polar surface area (TPSA) is 101 Å². The van der Waals surface area contributed by atoms with Gasteiger partial charge in [0.1, 0.15) is 17.2 Å². The summed E-state index contributed by atoms with van der Waals surface area (Å²) in [5.74, 6) is -0.610. The lowest BCUT2D eigenvalue weighted by atomic mass is 10.4. The third kappa shape index (κ3) is 4.95. The number of rotatable bonds is 8. The molecule has 1 aromatic heterocycles. The highest BCUT2D eigenvalue weighted by atomic mass is 32.2. The highest BCUT2D eigenvalue weighted by Crippen LogP contribution is 2.12. The summed E-state index contributed by atoms with van der Waals surface area (Å²) >= 11 is 0. The van der Waals surface area contributed by atoms with E-state index in [2.05, 4.69) is 6.92 Å². The van der Waals surface area contributed by atoms with Crippen LogP contribution in [-0.2, 0) is 26.5 Å². The van der Waals surface area contributed by atoms with Crippen LogP contribution in [0.4, 0.5) is 0 Å². The summed E-state index contributed by atoms with van der Waals surface area (Å²) in [6, 6.07) is 1.19. The van der Waals surface area contributed by atoms with Crippen LogP contribution in [0.1, 0.15) is 30.3 Å². The lowest BCUT2D eigenvalue weighted by Crippen LogP contribution is -2.13. The number of primary sulfonamides is 1. The molecule has 8 heteroatoms. The Morgan fingerprint density at radius 2 is 2.05 bits per heavy atom. The summed E-state index contributed by atoms with van der Waals surface area (Å²) in [6.45, 7) is 3.13. The van der Waals surface area contributed by atoms with Gasteiger partial charge in [0, 0.05) is 19.9 Å². The van der Waals surface area contributed by atoms with Gasteiger partial charge in [-0.15, -0.1) is 0 Å². The summed E-state index contributed by atoms with van der Waals surface area (Å²) < 4.78 is 34.0. The predicted molar refractivity (Wildman–Crippen MR) is 72.8 cm³/mol. The van der Waals surface area contributed by atoms with Crippen LogP contribution in [0.2, 0.25) is 0 Å². The number of aryl methyl sites for hydroxylation is 1. The van der Waals surface area contributed by atoms with Gasteiger partial charge in [-0.25, -0.2) is 18.4 Å². The van der Waals surface area contributed by atoms with Crippen molar-refractivity contribution in [2.75, 3.05) is 19.8 Å². The minimum absolute atomic E-state index is 0.119. The lowest BCUT2D eigenvalue weighted by Gasteiger charge is -2.06. The average Bonchev–Trinajstić information content (AvgIpc) is 2.75. The number of carbonyl (C=O) groups excluding carboxylic acids is 1. The van der Waals surface area contributed by atoms with Gasteiger partial charge < -0.3 is 14.0 Å². The van der Waals surface area contributed by atoms with Crippen LogP contribution in [0.3, 0.4) is 0 Å². The number of nitrogens with two attached hydrogens (primary N) is 1. The van der Waals surface area contributed by atoms with Crippen molar-refractivity contribution in [3.63, 3.8) is 0 Å². The first-order valence-electron chi connectivity index (χ1n) is 6.30. The minimum atomic E-state index is -3.83. The largest absolute Gasteiger partial charge is 0.459 e. The molecule has 20 heavy (non-hydrogen) atoms. The number of hydrogen-bond donors (Lipinski definition) is 1. The van der Waals surface area contributed by atoms with Crippen molar-refractivity contribution >= 4 is 16.0 Å². The van der Waals surface area contributed by atoms with Crippen LogP contribution in [-0.4, -0.2) is 38.8 Å². The number of carbonyl (C=O) groups is 1. The van der Waals surface area contributed by atoms with Gasteiger partial charge >= 0.3 is 5.97 Å². The number of unbranched alkanes of at least 4 members (excludes halogenated alkanes) is 1. The number of aromatic nitrogens is 1. The maximum atomic E-state index is 11.8. The second-order valence-electron chi connectivity index (χ2n) is 4.32. The van der Waals surface area contributed by atoms with Crippen molar-refractivity contribution in [1.82, 2.24) is 4.57 Å². The molecular weight excluding hydrogens is 284 g/mol. The Morgan fingerprint density at radius 1 is 1.35 bits per heavy atom. The molecule has 0 aliphatic heterocycles. The van der Waals surface area contributed by atoms with E-state index >= 15 is 0 Å². The third-order valence-corrected chi connectivity index (χ3v) is 3.50. The molecule has 1 aromatic rings. The normalized spacial score (nSPS) is 11.6. The average molecular weight is 304 g/mol. The molecule has 0 aliphatic rings. The van der Waals surface area contributed by atoms with Gasteiger partial charge in [0.2, 0.25) is 10.0 Å². The van der Waals surface area contributed by atoms with Gasteiger partial charge in [0.05, 0.1) is 6.61 Å². The van der Waals surface area contributed by atoms with E-state index < -0.39 is 16.0 Å². The second-order valence-corrected chi connectivity index (χ2v) is 5.88. The summed E-state index contributed by atoms with van der Waals surface area (Å²) in [4.78, 5) is 11.6. The van der Waals surface area contributed by atoms with Crippen molar-refractivity contribution < 1.29 is 22.7 Å². The Kier molecular flexibility index (Phi) is 6.18. The van der Waals surface area contributed by atoms with Gasteiger partial charge in [-0.1, -0.05) is 13.3 Å². The van der Waals surface area contributed by atoms with E-state index in [4.69, 9.17) is 14.6 Å². The van der Waals surface area contributed by atoms with Crippen molar-refractivity contribution in [1.29, 1.82) is 0 Å². The highest BCUT2D eigenvalue weighted by Gasteiger charge is 2.18. The molecule has 0 saturated heterocycles. The molecule has 0 amide bonds. The van der Waals surface area contributed by atoms with E-state index in [1.807, 2.05) is 0 Å². The standard InChI is InChI=1S/C12H20N2O5S/c1-3-4-5-18-6-7-19-12(15)11-8-10(9-14(11)2)20(13,16)17/h8-9H,3-7H2,1-2H3,(H2,13,16,17). The molecule has 0 radical (unpaired) electrons. The molecule has 0 atom stereocenters. The zero-order chi connectivity index (χ0) is 15.2. The number of sulfonamides is 1. The number of esters is 1. The Labute approximate surface area is 118 Å². The van der Waals surface area contributed by atoms with Gasteiger partial charge in [-0.2, -0.15) is 0 Å². The zero-order valence-corrected chi connectivity index (χ0v) is 12.5. The lowest BCUT2D eigenvalue weighted by molar-refractivity contribution is 0.0304. The maximum absolute atomic E-state index is 11.8. The smallest absolute Gasteiger partial charge is 0.355 e. The molecule has 0 aromatic carbocycles. The summed E-state index contributed by atoms with van der Waals surface area (Å²) in [5, 5.41) is 4.99. The zero-order valence-electron chi connectivity index (χ0n) is 11.7. The number of hydrogen-bond acceptors (Lipinski definition) is 5. The van der Waals surface area contributed by atoms with Crippen molar-refractivity contribution in [2.24, 2.45) is 12.2 Å². The van der Waals surface area contributed by atoms with E-state index in [1.54, 1.807) is 7.05 Å². The first-order chi connectivity index (χ1) is 9.36. The Balaban J connectivity index is 2.50. The van der Waals surface area contributed by atoms with Crippen LogP contribution in [0.25, 0.3) is 0 Å². The quantitative estimate of drug-likeness (QED) is 0.561. The SMILES string of the molecule is CCCCOCCOC(=O)c1cc(S(N)(=O)=O)cn1C. The van der Waals surface area contributed by atoms with E-state index in [0.717, 1.165) is 12.8 Å².